The van der Waals surface area contributed by atoms with Crippen LogP contribution in [0.1, 0.15) is 24.8 Å². The molecule has 0 aromatic heterocycles. The Bertz CT molecular complexity index is 355. The maximum Gasteiger partial charge on any atom is 0.407 e. The van der Waals surface area contributed by atoms with E-state index >= 15 is 0 Å². The van der Waals surface area contributed by atoms with Crippen molar-refractivity contribution in [3.8, 4) is 0 Å². The number of benzene rings is 1. The predicted molar refractivity (Wildman–Crippen MR) is 69.1 cm³/mol. The molecule has 1 aromatic rings. The Kier molecular flexibility index (Phi) is 7.20. The molecule has 0 aliphatic carbocycles. The second-order valence-electron chi connectivity index (χ2n) is 3.90. The number of rotatable bonds is 8. The molecule has 1 N–H and O–H groups in total. The molecule has 0 saturated carbocycles. The van der Waals surface area contributed by atoms with Crippen molar-refractivity contribution in [2.45, 2.75) is 25.9 Å². The monoisotopic (exact) mass is 250 g/mol. The van der Waals surface area contributed by atoms with Gasteiger partial charge in [-0.2, -0.15) is 4.91 Å². The number of nitroso groups, excluding NO2 is 1. The maximum absolute atomic E-state index is 11.3. The van der Waals surface area contributed by atoms with Crippen molar-refractivity contribution in [1.29, 1.82) is 0 Å². The number of hydrogen-bond donors (Lipinski definition) is 1. The van der Waals surface area contributed by atoms with Crippen LogP contribution in [0.4, 0.5) is 4.79 Å². The molecular weight excluding hydrogens is 232 g/mol. The lowest BCUT2D eigenvalue weighted by Crippen LogP contribution is -2.25. The fourth-order valence-corrected chi connectivity index (χ4v) is 1.44. The summed E-state index contributed by atoms with van der Waals surface area (Å²) in [6.07, 6.45) is 2.07. The Morgan fingerprint density at radius 3 is 2.67 bits per heavy atom. The Morgan fingerprint density at radius 2 is 1.94 bits per heavy atom. The third kappa shape index (κ3) is 6.62. The van der Waals surface area contributed by atoms with Gasteiger partial charge in [0, 0.05) is 6.54 Å². The standard InChI is InChI=1S/C13H18N2O3/c16-13(14-9-5-2-6-10-15-17)18-11-12-7-3-1-4-8-12/h1,3-4,7-8H,2,5-6,9-11H2,(H,14,16). The van der Waals surface area contributed by atoms with E-state index in [0.29, 0.717) is 13.1 Å². The van der Waals surface area contributed by atoms with E-state index in [-0.39, 0.29) is 6.61 Å². The Balaban J connectivity index is 2.02. The number of carbonyl (C=O) groups is 1. The quantitative estimate of drug-likeness (QED) is 0.569. The van der Waals surface area contributed by atoms with Gasteiger partial charge in [-0.15, -0.1) is 0 Å². The zero-order valence-electron chi connectivity index (χ0n) is 10.3. The molecule has 18 heavy (non-hydrogen) atoms. The highest BCUT2D eigenvalue weighted by Crippen LogP contribution is 2.00. The Morgan fingerprint density at radius 1 is 1.17 bits per heavy atom. The van der Waals surface area contributed by atoms with Crippen LogP contribution in [0.3, 0.4) is 0 Å². The minimum Gasteiger partial charge on any atom is -0.445 e. The van der Waals surface area contributed by atoms with E-state index < -0.39 is 6.09 Å². The molecule has 0 saturated heterocycles. The van der Waals surface area contributed by atoms with E-state index in [1.54, 1.807) is 0 Å². The molecule has 0 unspecified atom stereocenters. The highest BCUT2D eigenvalue weighted by molar-refractivity contribution is 5.67. The minimum absolute atomic E-state index is 0.279. The van der Waals surface area contributed by atoms with Gasteiger partial charge < -0.3 is 10.1 Å². The first kappa shape index (κ1) is 14.2. The van der Waals surface area contributed by atoms with E-state index in [1.165, 1.54) is 0 Å². The highest BCUT2D eigenvalue weighted by atomic mass is 16.5. The highest BCUT2D eigenvalue weighted by Gasteiger charge is 2.01. The van der Waals surface area contributed by atoms with E-state index in [9.17, 15) is 9.70 Å². The van der Waals surface area contributed by atoms with E-state index in [1.807, 2.05) is 30.3 Å². The third-order valence-corrected chi connectivity index (χ3v) is 2.41. The molecule has 5 nitrogen and oxygen atoms in total. The van der Waals surface area contributed by atoms with Gasteiger partial charge in [0.05, 0.1) is 6.54 Å². The van der Waals surface area contributed by atoms with Gasteiger partial charge in [0.15, 0.2) is 0 Å². The first-order chi connectivity index (χ1) is 8.83. The Labute approximate surface area is 107 Å². The number of nitrogens with one attached hydrogen (secondary N) is 1. The van der Waals surface area contributed by atoms with Crippen LogP contribution < -0.4 is 5.32 Å². The summed E-state index contributed by atoms with van der Waals surface area (Å²) in [5.74, 6) is 0. The molecule has 98 valence electrons. The van der Waals surface area contributed by atoms with Crippen molar-refractivity contribution in [2.24, 2.45) is 5.18 Å². The second kappa shape index (κ2) is 9.15. The van der Waals surface area contributed by atoms with Gasteiger partial charge in [0.25, 0.3) is 0 Å². The van der Waals surface area contributed by atoms with Crippen molar-refractivity contribution >= 4 is 6.09 Å². The third-order valence-electron chi connectivity index (χ3n) is 2.41. The van der Waals surface area contributed by atoms with E-state index in [4.69, 9.17) is 4.74 Å². The summed E-state index contributed by atoms with van der Waals surface area (Å²) in [4.78, 5) is 21.1. The number of nitrogens with zero attached hydrogens (tertiary/aromatic N) is 1. The zero-order valence-corrected chi connectivity index (χ0v) is 10.3. The lowest BCUT2D eigenvalue weighted by molar-refractivity contribution is 0.139. The number of hydrogen-bond acceptors (Lipinski definition) is 4. The van der Waals surface area contributed by atoms with Crippen LogP contribution in [-0.4, -0.2) is 19.2 Å². The number of carbonyl (C=O) groups excluding carboxylic acids is 1. The van der Waals surface area contributed by atoms with Crippen LogP contribution in [0.5, 0.6) is 0 Å². The molecule has 0 bridgehead atoms. The average Bonchev–Trinajstić information content (AvgIpc) is 2.41. The first-order valence-electron chi connectivity index (χ1n) is 6.06. The zero-order chi connectivity index (χ0) is 13.1. The molecule has 1 rings (SSSR count). The van der Waals surface area contributed by atoms with E-state index in [2.05, 4.69) is 10.5 Å². The molecule has 0 aliphatic heterocycles. The van der Waals surface area contributed by atoms with Gasteiger partial charge in [0.1, 0.15) is 6.61 Å². The lowest BCUT2D eigenvalue weighted by Gasteiger charge is -2.06. The summed E-state index contributed by atoms with van der Waals surface area (Å²) in [5, 5.41) is 5.43. The summed E-state index contributed by atoms with van der Waals surface area (Å²) < 4.78 is 5.04. The topological polar surface area (TPSA) is 67.8 Å². The summed E-state index contributed by atoms with van der Waals surface area (Å²) >= 11 is 0. The number of unbranched alkanes of at least 4 members (excludes halogenated alkanes) is 2. The van der Waals surface area contributed by atoms with Crippen LogP contribution in [0.25, 0.3) is 0 Å². The second-order valence-corrected chi connectivity index (χ2v) is 3.90. The summed E-state index contributed by atoms with van der Waals surface area (Å²) in [5.41, 5.74) is 0.963. The van der Waals surface area contributed by atoms with Crippen LogP contribution in [-0.2, 0) is 11.3 Å². The Hall–Kier alpha value is -1.91. The predicted octanol–water partition coefficient (Wildman–Crippen LogP) is 2.85. The van der Waals surface area contributed by atoms with Gasteiger partial charge in [-0.25, -0.2) is 4.79 Å². The molecule has 0 spiro atoms. The van der Waals surface area contributed by atoms with Crippen LogP contribution in [0.15, 0.2) is 35.5 Å². The largest absolute Gasteiger partial charge is 0.445 e. The molecule has 5 heteroatoms. The molecule has 0 atom stereocenters. The average molecular weight is 250 g/mol. The van der Waals surface area contributed by atoms with Crippen LogP contribution >= 0.6 is 0 Å². The van der Waals surface area contributed by atoms with Crippen molar-refractivity contribution < 1.29 is 9.53 Å². The molecule has 0 fully saturated rings. The normalized spacial score (nSPS) is 9.78. The molecule has 1 aromatic carbocycles. The van der Waals surface area contributed by atoms with Crippen LogP contribution in [0, 0.1) is 4.91 Å². The van der Waals surface area contributed by atoms with Gasteiger partial charge in [-0.3, -0.25) is 0 Å². The molecule has 0 heterocycles. The van der Waals surface area contributed by atoms with Gasteiger partial charge in [0.2, 0.25) is 0 Å². The maximum atomic E-state index is 11.3. The summed E-state index contributed by atoms with van der Waals surface area (Å²) in [6, 6.07) is 9.52. The molecule has 1 amide bonds. The number of ether oxygens (including phenoxy) is 1. The van der Waals surface area contributed by atoms with Gasteiger partial charge in [-0.1, -0.05) is 35.5 Å². The molecular formula is C13H18N2O3. The summed E-state index contributed by atoms with van der Waals surface area (Å²) in [6.45, 7) is 1.19. The van der Waals surface area contributed by atoms with Crippen molar-refractivity contribution in [3.05, 3.63) is 40.8 Å². The van der Waals surface area contributed by atoms with Gasteiger partial charge in [-0.05, 0) is 24.8 Å². The van der Waals surface area contributed by atoms with Crippen molar-refractivity contribution in [2.75, 3.05) is 13.1 Å². The van der Waals surface area contributed by atoms with Crippen molar-refractivity contribution in [1.82, 2.24) is 5.32 Å². The van der Waals surface area contributed by atoms with E-state index in [0.717, 1.165) is 24.8 Å². The lowest BCUT2D eigenvalue weighted by atomic mass is 10.2. The minimum atomic E-state index is -0.410. The molecule has 0 aliphatic rings. The van der Waals surface area contributed by atoms with Crippen LogP contribution in [0.2, 0.25) is 0 Å². The SMILES string of the molecule is O=NCCCCCNC(=O)OCc1ccccc1. The van der Waals surface area contributed by atoms with Crippen molar-refractivity contribution in [3.63, 3.8) is 0 Å². The summed E-state index contributed by atoms with van der Waals surface area (Å²) in [7, 11) is 0. The van der Waals surface area contributed by atoms with Gasteiger partial charge >= 0.3 is 6.09 Å². The molecule has 0 radical (unpaired) electrons. The fourth-order valence-electron chi connectivity index (χ4n) is 1.44. The number of alkyl carbamates (subject to hydrolysis) is 1. The smallest absolute Gasteiger partial charge is 0.407 e. The number of amides is 1. The fraction of sp³-hybridized carbons (Fsp3) is 0.462. The first-order valence-corrected chi connectivity index (χ1v) is 6.06.